The second kappa shape index (κ2) is 4.93. The number of aryl methyl sites for hydroxylation is 1. The smallest absolute Gasteiger partial charge is 0.195 e. The number of hydrogen-bond donors (Lipinski definition) is 2. The zero-order valence-electron chi connectivity index (χ0n) is 12.7. The summed E-state index contributed by atoms with van der Waals surface area (Å²) in [6.07, 6.45) is 6.35. The SMILES string of the molecule is Cc1ccc(C2CCN=C3NC4CCCCC4N32)cc1N. The molecule has 1 aromatic rings. The summed E-state index contributed by atoms with van der Waals surface area (Å²) in [5.74, 6) is 1.13. The lowest BCUT2D eigenvalue weighted by Gasteiger charge is -2.38. The van der Waals surface area contributed by atoms with Crippen molar-refractivity contribution >= 4 is 11.6 Å². The minimum Gasteiger partial charge on any atom is -0.399 e. The molecule has 0 aromatic heterocycles. The average molecular weight is 284 g/mol. The summed E-state index contributed by atoms with van der Waals surface area (Å²) in [5.41, 5.74) is 9.55. The van der Waals surface area contributed by atoms with Crippen molar-refractivity contribution in [3.8, 4) is 0 Å². The Hall–Kier alpha value is -1.71. The number of fused-ring (bicyclic) bond motifs is 3. The predicted molar refractivity (Wildman–Crippen MR) is 86.3 cm³/mol. The summed E-state index contributed by atoms with van der Waals surface area (Å²) in [7, 11) is 0. The molecule has 3 N–H and O–H groups in total. The molecule has 4 nitrogen and oxygen atoms in total. The maximum absolute atomic E-state index is 6.13. The van der Waals surface area contributed by atoms with Gasteiger partial charge in [-0.2, -0.15) is 0 Å². The van der Waals surface area contributed by atoms with E-state index in [1.807, 2.05) is 0 Å². The normalized spacial score (nSPS) is 31.2. The second-order valence-electron chi connectivity index (χ2n) is 6.64. The number of nitrogens with zero attached hydrogens (tertiary/aromatic N) is 2. The Kier molecular flexibility index (Phi) is 3.05. The number of benzene rings is 1. The van der Waals surface area contributed by atoms with E-state index >= 15 is 0 Å². The summed E-state index contributed by atoms with van der Waals surface area (Å²) in [6, 6.07) is 8.21. The molecule has 2 heterocycles. The molecule has 4 heteroatoms. The van der Waals surface area contributed by atoms with E-state index in [0.29, 0.717) is 18.1 Å². The molecule has 3 atom stereocenters. The van der Waals surface area contributed by atoms with E-state index in [-0.39, 0.29) is 0 Å². The lowest BCUT2D eigenvalue weighted by molar-refractivity contribution is 0.188. The number of nitrogen functional groups attached to an aromatic ring is 1. The second-order valence-corrected chi connectivity index (χ2v) is 6.64. The maximum Gasteiger partial charge on any atom is 0.195 e. The Morgan fingerprint density at radius 1 is 1.24 bits per heavy atom. The van der Waals surface area contributed by atoms with Crippen LogP contribution in [0.15, 0.2) is 23.2 Å². The molecule has 112 valence electrons. The topological polar surface area (TPSA) is 53.7 Å². The van der Waals surface area contributed by atoms with Gasteiger partial charge in [-0.05, 0) is 43.4 Å². The fraction of sp³-hybridized carbons (Fsp3) is 0.588. The van der Waals surface area contributed by atoms with E-state index in [9.17, 15) is 0 Å². The zero-order valence-corrected chi connectivity index (χ0v) is 12.7. The Labute approximate surface area is 126 Å². The molecular formula is C17H24N4. The Morgan fingerprint density at radius 2 is 2.10 bits per heavy atom. The van der Waals surface area contributed by atoms with Crippen LogP contribution in [-0.4, -0.2) is 29.5 Å². The number of rotatable bonds is 1. The molecule has 21 heavy (non-hydrogen) atoms. The minimum atomic E-state index is 0.431. The van der Waals surface area contributed by atoms with Crippen LogP contribution in [0.4, 0.5) is 5.69 Å². The highest BCUT2D eigenvalue weighted by atomic mass is 15.4. The molecule has 0 spiro atoms. The van der Waals surface area contributed by atoms with Crippen LogP contribution in [0.1, 0.15) is 49.3 Å². The van der Waals surface area contributed by atoms with Crippen molar-refractivity contribution in [3.63, 3.8) is 0 Å². The summed E-state index contributed by atoms with van der Waals surface area (Å²) in [5, 5.41) is 3.67. The number of aliphatic imine (C=N–C) groups is 1. The van der Waals surface area contributed by atoms with Gasteiger partial charge in [0.2, 0.25) is 0 Å². The predicted octanol–water partition coefficient (Wildman–Crippen LogP) is 2.59. The van der Waals surface area contributed by atoms with Crippen molar-refractivity contribution in [1.29, 1.82) is 0 Å². The third-order valence-electron chi connectivity index (χ3n) is 5.33. The highest BCUT2D eigenvalue weighted by molar-refractivity contribution is 5.84. The first kappa shape index (κ1) is 13.0. The summed E-state index contributed by atoms with van der Waals surface area (Å²) in [6.45, 7) is 2.98. The molecule has 1 saturated carbocycles. The van der Waals surface area contributed by atoms with Gasteiger partial charge >= 0.3 is 0 Å². The third-order valence-corrected chi connectivity index (χ3v) is 5.33. The van der Waals surface area contributed by atoms with Gasteiger partial charge in [-0.25, -0.2) is 0 Å². The maximum atomic E-state index is 6.13. The first-order valence-corrected chi connectivity index (χ1v) is 8.19. The molecule has 0 bridgehead atoms. The van der Waals surface area contributed by atoms with E-state index in [2.05, 4.69) is 35.3 Å². The van der Waals surface area contributed by atoms with Crippen molar-refractivity contribution < 1.29 is 0 Å². The van der Waals surface area contributed by atoms with Crippen LogP contribution in [0, 0.1) is 6.92 Å². The van der Waals surface area contributed by atoms with E-state index in [0.717, 1.165) is 24.6 Å². The van der Waals surface area contributed by atoms with Crippen molar-refractivity contribution in [2.75, 3.05) is 12.3 Å². The number of hydrogen-bond acceptors (Lipinski definition) is 4. The van der Waals surface area contributed by atoms with E-state index < -0.39 is 0 Å². The van der Waals surface area contributed by atoms with Crippen LogP contribution in [0.25, 0.3) is 0 Å². The Balaban J connectivity index is 1.69. The van der Waals surface area contributed by atoms with Crippen molar-refractivity contribution in [3.05, 3.63) is 29.3 Å². The molecule has 2 aliphatic heterocycles. The van der Waals surface area contributed by atoms with Gasteiger partial charge in [-0.1, -0.05) is 25.0 Å². The highest BCUT2D eigenvalue weighted by Crippen LogP contribution is 2.38. The molecule has 3 aliphatic rings. The van der Waals surface area contributed by atoms with E-state index in [1.54, 1.807) is 0 Å². The van der Waals surface area contributed by atoms with E-state index in [4.69, 9.17) is 10.7 Å². The Morgan fingerprint density at radius 3 is 2.95 bits per heavy atom. The number of nitrogens with two attached hydrogens (primary N) is 1. The minimum absolute atomic E-state index is 0.431. The first-order valence-electron chi connectivity index (χ1n) is 8.19. The van der Waals surface area contributed by atoms with Crippen LogP contribution in [0.3, 0.4) is 0 Å². The zero-order chi connectivity index (χ0) is 14.4. The van der Waals surface area contributed by atoms with Crippen LogP contribution < -0.4 is 11.1 Å². The highest BCUT2D eigenvalue weighted by Gasteiger charge is 2.43. The molecule has 4 rings (SSSR count). The molecule has 1 aliphatic carbocycles. The van der Waals surface area contributed by atoms with Gasteiger partial charge in [-0.15, -0.1) is 0 Å². The van der Waals surface area contributed by atoms with Crippen molar-refractivity contribution in [1.82, 2.24) is 10.2 Å². The number of anilines is 1. The van der Waals surface area contributed by atoms with Gasteiger partial charge in [0, 0.05) is 18.3 Å². The number of nitrogens with one attached hydrogen (secondary N) is 1. The molecule has 2 fully saturated rings. The van der Waals surface area contributed by atoms with Gasteiger partial charge in [0.25, 0.3) is 0 Å². The monoisotopic (exact) mass is 284 g/mol. The van der Waals surface area contributed by atoms with Gasteiger partial charge in [-0.3, -0.25) is 4.99 Å². The molecule has 0 radical (unpaired) electrons. The summed E-state index contributed by atoms with van der Waals surface area (Å²) in [4.78, 5) is 7.28. The fourth-order valence-corrected chi connectivity index (χ4v) is 4.14. The molecule has 1 saturated heterocycles. The van der Waals surface area contributed by atoms with Crippen LogP contribution in [0.5, 0.6) is 0 Å². The van der Waals surface area contributed by atoms with Gasteiger partial charge in [0.05, 0.1) is 12.1 Å². The Bertz CT molecular complexity index is 580. The summed E-state index contributed by atoms with van der Waals surface area (Å²) >= 11 is 0. The average Bonchev–Trinajstić information content (AvgIpc) is 2.88. The van der Waals surface area contributed by atoms with Crippen molar-refractivity contribution in [2.45, 2.75) is 57.2 Å². The van der Waals surface area contributed by atoms with E-state index in [1.165, 1.54) is 36.8 Å². The molecule has 1 aromatic carbocycles. The quantitative estimate of drug-likeness (QED) is 0.779. The molecular weight excluding hydrogens is 260 g/mol. The molecule has 3 unspecified atom stereocenters. The number of guanidine groups is 1. The third kappa shape index (κ3) is 2.08. The fourth-order valence-electron chi connectivity index (χ4n) is 4.14. The molecule has 0 amide bonds. The lowest BCUT2D eigenvalue weighted by atomic mass is 9.89. The van der Waals surface area contributed by atoms with Crippen LogP contribution in [-0.2, 0) is 0 Å². The standard InChI is InChI=1S/C17H24N4/c1-11-6-7-12(10-13(11)18)15-8-9-19-17-20-14-4-2-3-5-16(14)21(15)17/h6-7,10,14-16H,2-5,8-9,18H2,1H3,(H,19,20). The first-order chi connectivity index (χ1) is 10.2. The van der Waals surface area contributed by atoms with Crippen LogP contribution in [0.2, 0.25) is 0 Å². The van der Waals surface area contributed by atoms with Gasteiger partial charge in [0.15, 0.2) is 5.96 Å². The largest absolute Gasteiger partial charge is 0.399 e. The summed E-state index contributed by atoms with van der Waals surface area (Å²) < 4.78 is 0. The van der Waals surface area contributed by atoms with Crippen molar-refractivity contribution in [2.24, 2.45) is 4.99 Å². The lowest BCUT2D eigenvalue weighted by Crippen LogP contribution is -2.43. The van der Waals surface area contributed by atoms with Gasteiger partial charge in [0.1, 0.15) is 0 Å². The van der Waals surface area contributed by atoms with Gasteiger partial charge < -0.3 is 16.0 Å². The van der Waals surface area contributed by atoms with Crippen LogP contribution >= 0.6 is 0 Å².